The first-order chi connectivity index (χ1) is 26.9. The summed E-state index contributed by atoms with van der Waals surface area (Å²) in [5.41, 5.74) is -1.01. The van der Waals surface area contributed by atoms with Gasteiger partial charge in [0.1, 0.15) is 24.2 Å². The van der Waals surface area contributed by atoms with Gasteiger partial charge in [0.2, 0.25) is 33.7 Å². The van der Waals surface area contributed by atoms with Gasteiger partial charge in [0, 0.05) is 24.5 Å². The van der Waals surface area contributed by atoms with Crippen LogP contribution in [0.5, 0.6) is 0 Å². The Labute approximate surface area is 340 Å². The Morgan fingerprint density at radius 3 is 2.04 bits per heavy atom. The molecule has 2 heterocycles. The molecule has 2 spiro atoms. The first-order valence-electron chi connectivity index (χ1n) is 22.4. The average molecular weight is 815 g/mol. The van der Waals surface area contributed by atoms with Crippen molar-refractivity contribution in [2.24, 2.45) is 33.5 Å². The van der Waals surface area contributed by atoms with Crippen molar-refractivity contribution in [2.45, 2.75) is 186 Å². The van der Waals surface area contributed by atoms with Crippen molar-refractivity contribution in [3.05, 3.63) is 0 Å². The van der Waals surface area contributed by atoms with Gasteiger partial charge in [0.05, 0.1) is 11.2 Å². The molecule has 0 aromatic heterocycles. The molecule has 2 aliphatic heterocycles. The minimum absolute atomic E-state index is 0.0193. The van der Waals surface area contributed by atoms with Crippen LogP contribution in [0.25, 0.3) is 0 Å². The third kappa shape index (κ3) is 8.00. The Kier molecular flexibility index (Phi) is 11.7. The van der Waals surface area contributed by atoms with Gasteiger partial charge in [-0.2, -0.15) is 0 Å². The standard InChI is InChI=1S/C43H70N6O7S/c1-7-13-31(36(51)47-57(55,56)30-19-20-30)44-37(52)32-24-43(41(5,6)42(43)21-12-22-42)26-49(32)39(54)33(27-14-9-8-10-15-27)45-38(53)34(40(2,3)4)46-35(50)28-16-11-23-48(25-28)29-17-18-29/h27-34H,7-26H2,1-6H3,(H,44,52)(H,45,53)(H,46,50)(H,47,51)/t28-,31+,32+,33+,34-,43-/m1/s1. The number of nitrogens with one attached hydrogen (secondary N) is 4. The van der Waals surface area contributed by atoms with E-state index in [1.807, 2.05) is 27.7 Å². The topological polar surface area (TPSA) is 174 Å². The molecule has 13 nitrogen and oxygen atoms in total. The van der Waals surface area contributed by atoms with Gasteiger partial charge in [-0.3, -0.25) is 33.6 Å². The van der Waals surface area contributed by atoms with Gasteiger partial charge in [-0.05, 0) is 106 Å². The second kappa shape index (κ2) is 15.7. The van der Waals surface area contributed by atoms with Crippen LogP contribution in [-0.4, -0.2) is 103 Å². The van der Waals surface area contributed by atoms with Crippen molar-refractivity contribution in [3.8, 4) is 0 Å². The number of rotatable bonds is 14. The summed E-state index contributed by atoms with van der Waals surface area (Å²) in [6, 6.07) is -3.14. The number of amides is 5. The maximum absolute atomic E-state index is 15.3. The molecule has 320 valence electrons. The minimum atomic E-state index is -3.82. The number of carbonyl (C=O) groups is 5. The molecule has 4 N–H and O–H groups in total. The van der Waals surface area contributed by atoms with E-state index in [4.69, 9.17) is 0 Å². The summed E-state index contributed by atoms with van der Waals surface area (Å²) in [6.07, 6.45) is 14.0. The predicted octanol–water partition coefficient (Wildman–Crippen LogP) is 4.15. The van der Waals surface area contributed by atoms with Gasteiger partial charge in [0.15, 0.2) is 0 Å². The summed E-state index contributed by atoms with van der Waals surface area (Å²) in [7, 11) is -3.82. The largest absolute Gasteiger partial charge is 0.344 e. The zero-order chi connectivity index (χ0) is 41.1. The molecule has 6 atom stereocenters. The molecular formula is C43H70N6O7S. The van der Waals surface area contributed by atoms with E-state index >= 15 is 4.79 Å². The SMILES string of the molecule is CCC[C@H](NC(=O)[C@@H]1C[C@@]2(CN1C(=O)[C@@H](NC(=O)[C@@H](NC(=O)[C@@H]1CCCN(C3CC3)C1)C(C)(C)C)C1CCCCC1)C(C)(C)C21CCC1)C(=O)NS(=O)(=O)C1CC1. The summed E-state index contributed by atoms with van der Waals surface area (Å²) in [6.45, 7) is 14.3. The average Bonchev–Trinajstić information content (AvgIpc) is 4.07. The van der Waals surface area contributed by atoms with Crippen molar-refractivity contribution in [3.63, 3.8) is 0 Å². The molecule has 5 saturated carbocycles. The van der Waals surface area contributed by atoms with Crippen LogP contribution in [0.4, 0.5) is 0 Å². The molecule has 7 fully saturated rings. The van der Waals surface area contributed by atoms with Crippen molar-refractivity contribution in [2.75, 3.05) is 19.6 Å². The van der Waals surface area contributed by atoms with Crippen LogP contribution >= 0.6 is 0 Å². The zero-order valence-electron chi connectivity index (χ0n) is 35.4. The summed E-state index contributed by atoms with van der Waals surface area (Å²) >= 11 is 0. The van der Waals surface area contributed by atoms with Crippen LogP contribution in [0.2, 0.25) is 0 Å². The molecule has 0 radical (unpaired) electrons. The number of likely N-dealkylation sites (tertiary alicyclic amines) is 2. The molecule has 5 aliphatic carbocycles. The second-order valence-corrected chi connectivity index (χ2v) is 22.6. The molecule has 0 aromatic rings. The van der Waals surface area contributed by atoms with Crippen molar-refractivity contribution in [1.29, 1.82) is 0 Å². The molecule has 0 unspecified atom stereocenters. The Morgan fingerprint density at radius 1 is 0.789 bits per heavy atom. The van der Waals surface area contributed by atoms with Gasteiger partial charge < -0.3 is 20.9 Å². The molecule has 57 heavy (non-hydrogen) atoms. The Balaban J connectivity index is 1.13. The fourth-order valence-corrected chi connectivity index (χ4v) is 13.1. The number of hydrogen-bond donors (Lipinski definition) is 4. The lowest BCUT2D eigenvalue weighted by atomic mass is 9.73. The molecule has 7 rings (SSSR count). The van der Waals surface area contributed by atoms with Gasteiger partial charge >= 0.3 is 0 Å². The van der Waals surface area contributed by atoms with Gasteiger partial charge in [-0.15, -0.1) is 0 Å². The van der Waals surface area contributed by atoms with E-state index in [9.17, 15) is 27.6 Å². The van der Waals surface area contributed by atoms with E-state index in [0.717, 1.165) is 70.8 Å². The van der Waals surface area contributed by atoms with E-state index < -0.39 is 56.7 Å². The summed E-state index contributed by atoms with van der Waals surface area (Å²) in [5, 5.41) is 8.65. The highest BCUT2D eigenvalue weighted by molar-refractivity contribution is 7.90. The smallest absolute Gasteiger partial charge is 0.256 e. The van der Waals surface area contributed by atoms with Crippen molar-refractivity contribution >= 4 is 39.6 Å². The Hall–Kier alpha value is -2.74. The van der Waals surface area contributed by atoms with Crippen molar-refractivity contribution in [1.82, 2.24) is 30.5 Å². The van der Waals surface area contributed by atoms with Crippen LogP contribution in [0.3, 0.4) is 0 Å². The third-order valence-corrected chi connectivity index (χ3v) is 17.6. The maximum atomic E-state index is 15.3. The van der Waals surface area contributed by atoms with E-state index in [0.29, 0.717) is 44.8 Å². The highest BCUT2D eigenvalue weighted by Crippen LogP contribution is 2.88. The van der Waals surface area contributed by atoms with Gasteiger partial charge in [-0.1, -0.05) is 73.6 Å². The minimum Gasteiger partial charge on any atom is -0.344 e. The zero-order valence-corrected chi connectivity index (χ0v) is 36.2. The lowest BCUT2D eigenvalue weighted by Gasteiger charge is -2.38. The number of hydrogen-bond acceptors (Lipinski definition) is 8. The summed E-state index contributed by atoms with van der Waals surface area (Å²) in [5.74, 6) is -2.33. The first kappa shape index (κ1) is 42.4. The van der Waals surface area contributed by atoms with E-state index in [2.05, 4.69) is 39.4 Å². The summed E-state index contributed by atoms with van der Waals surface area (Å²) < 4.78 is 27.6. The monoisotopic (exact) mass is 815 g/mol. The summed E-state index contributed by atoms with van der Waals surface area (Å²) in [4.78, 5) is 75.7. The molecule has 0 bridgehead atoms. The second-order valence-electron chi connectivity index (χ2n) is 20.6. The molecule has 14 heteroatoms. The molecule has 2 saturated heterocycles. The number of nitrogens with zero attached hydrogens (tertiary/aromatic N) is 2. The van der Waals surface area contributed by atoms with E-state index in [1.165, 1.54) is 12.8 Å². The van der Waals surface area contributed by atoms with Crippen LogP contribution < -0.4 is 20.7 Å². The normalized spacial score (nSPS) is 30.2. The van der Waals surface area contributed by atoms with Gasteiger partial charge in [-0.25, -0.2) is 8.42 Å². The molecule has 0 aromatic carbocycles. The quantitative estimate of drug-likeness (QED) is 0.203. The van der Waals surface area contributed by atoms with Crippen molar-refractivity contribution < 1.29 is 32.4 Å². The first-order valence-corrected chi connectivity index (χ1v) is 23.9. The van der Waals surface area contributed by atoms with Crippen LogP contribution in [0, 0.1) is 33.5 Å². The lowest BCUT2D eigenvalue weighted by Crippen LogP contribution is -2.62. The predicted molar refractivity (Wildman–Crippen MR) is 217 cm³/mol. The van der Waals surface area contributed by atoms with Crippen LogP contribution in [0.1, 0.15) is 151 Å². The maximum Gasteiger partial charge on any atom is 0.256 e. The lowest BCUT2D eigenvalue weighted by molar-refractivity contribution is -0.144. The highest BCUT2D eigenvalue weighted by atomic mass is 32.2. The molecule has 5 amide bonds. The van der Waals surface area contributed by atoms with E-state index in [1.54, 1.807) is 4.90 Å². The number of sulfonamides is 1. The molecular weight excluding hydrogens is 745 g/mol. The van der Waals surface area contributed by atoms with E-state index in [-0.39, 0.29) is 52.2 Å². The van der Waals surface area contributed by atoms with Gasteiger partial charge in [0.25, 0.3) is 5.91 Å². The number of fused-ring (bicyclic) bond motifs is 1. The number of carbonyl (C=O) groups excluding carboxylic acids is 5. The van der Waals surface area contributed by atoms with Crippen LogP contribution in [0.15, 0.2) is 0 Å². The third-order valence-electron chi connectivity index (χ3n) is 15.8. The Bertz CT molecular complexity index is 1690. The Morgan fingerprint density at radius 2 is 1.47 bits per heavy atom. The highest BCUT2D eigenvalue weighted by Gasteiger charge is 2.85. The fourth-order valence-electron chi connectivity index (χ4n) is 11.8. The number of piperidine rings is 1. The fraction of sp³-hybridized carbons (Fsp3) is 0.884. The van der Waals surface area contributed by atoms with Crippen LogP contribution in [-0.2, 0) is 34.0 Å². The molecule has 7 aliphatic rings.